The van der Waals surface area contributed by atoms with Crippen molar-refractivity contribution >= 4 is 23.5 Å². The Balaban J connectivity index is 2.14. The zero-order valence-corrected chi connectivity index (χ0v) is 11.8. The van der Waals surface area contributed by atoms with Gasteiger partial charge in [-0.3, -0.25) is 9.59 Å². The molecule has 1 saturated carbocycles. The molecule has 0 saturated heterocycles. The van der Waals surface area contributed by atoms with Gasteiger partial charge in [0.1, 0.15) is 11.4 Å². The van der Waals surface area contributed by atoms with Crippen LogP contribution in [0.3, 0.4) is 0 Å². The third-order valence-electron chi connectivity index (χ3n) is 2.69. The summed E-state index contributed by atoms with van der Waals surface area (Å²) in [6.45, 7) is 5.54. The number of thioether (sulfide) groups is 1. The lowest BCUT2D eigenvalue weighted by Gasteiger charge is -2.19. The third-order valence-corrected chi connectivity index (χ3v) is 3.62. The minimum atomic E-state index is -0.437. The molecule has 0 atom stereocenters. The highest BCUT2D eigenvalue weighted by atomic mass is 32.2. The number of rotatable bonds is 5. The Morgan fingerprint density at radius 3 is 2.29 bits per heavy atom. The van der Waals surface area contributed by atoms with Gasteiger partial charge in [-0.05, 0) is 33.6 Å². The molecule has 1 fully saturated rings. The number of ketones is 1. The first-order valence-corrected chi connectivity index (χ1v) is 7.36. The van der Waals surface area contributed by atoms with E-state index in [-0.39, 0.29) is 17.6 Å². The van der Waals surface area contributed by atoms with Gasteiger partial charge in [0.25, 0.3) is 0 Å². The van der Waals surface area contributed by atoms with Crippen molar-refractivity contribution in [2.45, 2.75) is 52.1 Å². The maximum absolute atomic E-state index is 11.7. The van der Waals surface area contributed by atoms with Crippen LogP contribution in [0.5, 0.6) is 0 Å². The number of carbonyl (C=O) groups is 2. The summed E-state index contributed by atoms with van der Waals surface area (Å²) in [5.41, 5.74) is -0.437. The smallest absolute Gasteiger partial charge is 0.316 e. The van der Waals surface area contributed by atoms with E-state index in [1.807, 2.05) is 20.8 Å². The summed E-state index contributed by atoms with van der Waals surface area (Å²) >= 11 is 1.37. The van der Waals surface area contributed by atoms with E-state index >= 15 is 0 Å². The molecule has 0 bridgehead atoms. The summed E-state index contributed by atoms with van der Waals surface area (Å²) in [7, 11) is 0. The molecule has 1 aliphatic rings. The Labute approximate surface area is 108 Å². The van der Waals surface area contributed by atoms with Crippen molar-refractivity contribution in [2.24, 2.45) is 5.92 Å². The summed E-state index contributed by atoms with van der Waals surface area (Å²) < 4.78 is 5.17. The molecule has 98 valence electrons. The first-order valence-electron chi connectivity index (χ1n) is 6.21. The highest BCUT2D eigenvalue weighted by Crippen LogP contribution is 2.26. The molecule has 0 aromatic heterocycles. The lowest BCUT2D eigenvalue weighted by molar-refractivity contribution is -0.151. The molecule has 0 spiro atoms. The average molecular weight is 258 g/mol. The highest BCUT2D eigenvalue weighted by Gasteiger charge is 2.23. The van der Waals surface area contributed by atoms with Gasteiger partial charge in [0, 0.05) is 5.92 Å². The van der Waals surface area contributed by atoms with Gasteiger partial charge < -0.3 is 4.74 Å². The molecular formula is C13H22O3S. The molecule has 17 heavy (non-hydrogen) atoms. The van der Waals surface area contributed by atoms with Crippen LogP contribution in [-0.4, -0.2) is 28.9 Å². The fourth-order valence-electron chi connectivity index (χ4n) is 1.97. The minimum absolute atomic E-state index is 0.235. The molecule has 0 aromatic rings. The van der Waals surface area contributed by atoms with Gasteiger partial charge in [0.05, 0.1) is 11.5 Å². The Morgan fingerprint density at radius 2 is 1.76 bits per heavy atom. The average Bonchev–Trinajstić information content (AvgIpc) is 2.66. The van der Waals surface area contributed by atoms with Gasteiger partial charge in [0.2, 0.25) is 0 Å². The van der Waals surface area contributed by atoms with Crippen LogP contribution in [0.4, 0.5) is 0 Å². The first-order chi connectivity index (χ1) is 7.88. The van der Waals surface area contributed by atoms with Crippen LogP contribution in [-0.2, 0) is 14.3 Å². The van der Waals surface area contributed by atoms with Gasteiger partial charge in [-0.25, -0.2) is 0 Å². The van der Waals surface area contributed by atoms with E-state index < -0.39 is 5.60 Å². The van der Waals surface area contributed by atoms with Gasteiger partial charge in [0.15, 0.2) is 0 Å². The molecule has 4 heteroatoms. The second-order valence-electron chi connectivity index (χ2n) is 5.53. The normalized spacial score (nSPS) is 17.1. The van der Waals surface area contributed by atoms with E-state index in [2.05, 4.69) is 0 Å². The number of hydrogen-bond acceptors (Lipinski definition) is 4. The first kappa shape index (κ1) is 14.6. The summed E-state index contributed by atoms with van der Waals surface area (Å²) in [5, 5.41) is 0. The highest BCUT2D eigenvalue weighted by molar-refractivity contribution is 8.00. The summed E-state index contributed by atoms with van der Waals surface area (Å²) in [5.74, 6) is 1.04. The molecule has 0 aliphatic heterocycles. The van der Waals surface area contributed by atoms with Crippen molar-refractivity contribution in [3.05, 3.63) is 0 Å². The van der Waals surface area contributed by atoms with E-state index in [0.717, 1.165) is 12.8 Å². The van der Waals surface area contributed by atoms with Gasteiger partial charge in [-0.1, -0.05) is 12.8 Å². The molecule has 0 unspecified atom stereocenters. The Bertz CT molecular complexity index is 275. The number of carbonyl (C=O) groups excluding carboxylic acids is 2. The Kier molecular flexibility index (Phi) is 5.50. The van der Waals surface area contributed by atoms with Crippen LogP contribution >= 0.6 is 11.8 Å². The SMILES string of the molecule is CC(C)(C)OC(=O)CSCC(=O)C1CCCC1. The van der Waals surface area contributed by atoms with Crippen molar-refractivity contribution in [3.8, 4) is 0 Å². The number of hydrogen-bond donors (Lipinski definition) is 0. The van der Waals surface area contributed by atoms with E-state index in [4.69, 9.17) is 4.74 Å². The van der Waals surface area contributed by atoms with Crippen molar-refractivity contribution in [1.29, 1.82) is 0 Å². The topological polar surface area (TPSA) is 43.4 Å². The predicted octanol–water partition coefficient (Wildman–Crippen LogP) is 2.82. The van der Waals surface area contributed by atoms with Crippen LogP contribution in [0.1, 0.15) is 46.5 Å². The Morgan fingerprint density at radius 1 is 1.18 bits per heavy atom. The van der Waals surface area contributed by atoms with Gasteiger partial charge in [-0.15, -0.1) is 11.8 Å². The fraction of sp³-hybridized carbons (Fsp3) is 0.846. The summed E-state index contributed by atoms with van der Waals surface area (Å²) in [6.07, 6.45) is 4.41. The number of Topliss-reactive ketones (excluding diaryl/α,β-unsaturated/α-hetero) is 1. The zero-order chi connectivity index (χ0) is 12.9. The molecule has 1 rings (SSSR count). The quantitative estimate of drug-likeness (QED) is 0.711. The second-order valence-corrected chi connectivity index (χ2v) is 6.51. The molecule has 1 aliphatic carbocycles. The lowest BCUT2D eigenvalue weighted by Crippen LogP contribution is -2.25. The third kappa shape index (κ3) is 6.10. The maximum atomic E-state index is 11.7. The molecule has 0 N–H and O–H groups in total. The molecule has 0 heterocycles. The maximum Gasteiger partial charge on any atom is 0.316 e. The van der Waals surface area contributed by atoms with Crippen molar-refractivity contribution < 1.29 is 14.3 Å². The molecule has 0 aromatic carbocycles. The van der Waals surface area contributed by atoms with E-state index in [9.17, 15) is 9.59 Å². The molecular weight excluding hydrogens is 236 g/mol. The number of esters is 1. The van der Waals surface area contributed by atoms with Crippen LogP contribution < -0.4 is 0 Å². The van der Waals surface area contributed by atoms with Crippen molar-refractivity contribution in [2.75, 3.05) is 11.5 Å². The van der Waals surface area contributed by atoms with Crippen LogP contribution in [0, 0.1) is 5.92 Å². The van der Waals surface area contributed by atoms with Crippen molar-refractivity contribution in [1.82, 2.24) is 0 Å². The van der Waals surface area contributed by atoms with E-state index in [1.165, 1.54) is 24.6 Å². The van der Waals surface area contributed by atoms with Crippen LogP contribution in [0.25, 0.3) is 0 Å². The van der Waals surface area contributed by atoms with Crippen LogP contribution in [0.15, 0.2) is 0 Å². The monoisotopic (exact) mass is 258 g/mol. The molecule has 0 amide bonds. The minimum Gasteiger partial charge on any atom is -0.459 e. The standard InChI is InChI=1S/C13H22O3S/c1-13(2,3)16-12(15)9-17-8-11(14)10-6-4-5-7-10/h10H,4-9H2,1-3H3. The summed E-state index contributed by atoms with van der Waals surface area (Å²) in [4.78, 5) is 23.1. The second kappa shape index (κ2) is 6.43. The zero-order valence-electron chi connectivity index (χ0n) is 11.0. The largest absolute Gasteiger partial charge is 0.459 e. The van der Waals surface area contributed by atoms with Gasteiger partial charge >= 0.3 is 5.97 Å². The Hall–Kier alpha value is -0.510. The fourth-order valence-corrected chi connectivity index (χ4v) is 2.74. The van der Waals surface area contributed by atoms with E-state index in [1.54, 1.807) is 0 Å². The van der Waals surface area contributed by atoms with Crippen molar-refractivity contribution in [3.63, 3.8) is 0 Å². The summed E-state index contributed by atoms with van der Waals surface area (Å²) in [6, 6.07) is 0. The number of ether oxygens (including phenoxy) is 1. The predicted molar refractivity (Wildman–Crippen MR) is 70.1 cm³/mol. The lowest BCUT2D eigenvalue weighted by atomic mass is 10.0. The molecule has 3 nitrogen and oxygen atoms in total. The molecule has 0 radical (unpaired) electrons. The van der Waals surface area contributed by atoms with Gasteiger partial charge in [-0.2, -0.15) is 0 Å². The van der Waals surface area contributed by atoms with E-state index in [0.29, 0.717) is 11.5 Å². The van der Waals surface area contributed by atoms with Crippen LogP contribution in [0.2, 0.25) is 0 Å².